The Morgan fingerprint density at radius 2 is 1.79 bits per heavy atom. The summed E-state index contributed by atoms with van der Waals surface area (Å²) in [6.45, 7) is 4.20. The summed E-state index contributed by atoms with van der Waals surface area (Å²) in [6, 6.07) is 16.5. The van der Waals surface area contributed by atoms with Gasteiger partial charge in [-0.3, -0.25) is 10.1 Å². The van der Waals surface area contributed by atoms with Gasteiger partial charge in [-0.25, -0.2) is 0 Å². The van der Waals surface area contributed by atoms with Crippen LogP contribution in [-0.2, 0) is 0 Å². The zero-order valence-electron chi connectivity index (χ0n) is 13.9. The van der Waals surface area contributed by atoms with Crippen molar-refractivity contribution in [3.05, 3.63) is 60.2 Å². The van der Waals surface area contributed by atoms with Gasteiger partial charge in [-0.2, -0.15) is 0 Å². The van der Waals surface area contributed by atoms with Crippen LogP contribution in [-0.4, -0.2) is 17.1 Å². The second-order valence-corrected chi connectivity index (χ2v) is 5.92. The van der Waals surface area contributed by atoms with Crippen LogP contribution >= 0.6 is 12.2 Å². The molecule has 2 aromatic carbocycles. The lowest BCUT2D eigenvalue weighted by molar-refractivity contribution is 0.0977. The van der Waals surface area contributed by atoms with E-state index in [0.29, 0.717) is 5.56 Å². The SMILES string of the molecule is CCCC(C)Oc1ccc(NC(=S)NC(=O)c2ccccc2)cc1. The number of ether oxygens (including phenoxy) is 1. The molecule has 1 unspecified atom stereocenters. The highest BCUT2D eigenvalue weighted by Crippen LogP contribution is 2.18. The van der Waals surface area contributed by atoms with Crippen LogP contribution in [0.4, 0.5) is 5.69 Å². The zero-order chi connectivity index (χ0) is 17.4. The summed E-state index contributed by atoms with van der Waals surface area (Å²) >= 11 is 5.18. The van der Waals surface area contributed by atoms with E-state index in [1.54, 1.807) is 12.1 Å². The molecule has 0 spiro atoms. The Balaban J connectivity index is 1.87. The van der Waals surface area contributed by atoms with Gasteiger partial charge in [0.1, 0.15) is 5.75 Å². The molecule has 1 atom stereocenters. The van der Waals surface area contributed by atoms with E-state index < -0.39 is 0 Å². The van der Waals surface area contributed by atoms with E-state index in [4.69, 9.17) is 17.0 Å². The zero-order valence-corrected chi connectivity index (χ0v) is 14.7. The van der Waals surface area contributed by atoms with Crippen molar-refractivity contribution in [2.75, 3.05) is 5.32 Å². The number of thiocarbonyl (C=S) groups is 1. The maximum Gasteiger partial charge on any atom is 0.257 e. The molecule has 4 nitrogen and oxygen atoms in total. The van der Waals surface area contributed by atoms with Crippen LogP contribution in [0.5, 0.6) is 5.75 Å². The average Bonchev–Trinajstić information content (AvgIpc) is 2.57. The number of nitrogens with one attached hydrogen (secondary N) is 2. The summed E-state index contributed by atoms with van der Waals surface area (Å²) in [4.78, 5) is 12.0. The molecule has 0 bridgehead atoms. The lowest BCUT2D eigenvalue weighted by Crippen LogP contribution is -2.34. The number of carbonyl (C=O) groups excluding carboxylic acids is 1. The molecule has 0 heterocycles. The van der Waals surface area contributed by atoms with E-state index in [2.05, 4.69) is 24.5 Å². The van der Waals surface area contributed by atoms with Crippen molar-refractivity contribution in [3.63, 3.8) is 0 Å². The third-order valence-corrected chi connectivity index (χ3v) is 3.61. The highest BCUT2D eigenvalue weighted by Gasteiger charge is 2.07. The van der Waals surface area contributed by atoms with E-state index >= 15 is 0 Å². The van der Waals surface area contributed by atoms with Crippen LogP contribution in [0, 0.1) is 0 Å². The molecule has 24 heavy (non-hydrogen) atoms. The molecule has 5 heteroatoms. The quantitative estimate of drug-likeness (QED) is 0.765. The molecular weight excluding hydrogens is 320 g/mol. The highest BCUT2D eigenvalue weighted by atomic mass is 32.1. The second-order valence-electron chi connectivity index (χ2n) is 5.52. The molecule has 2 N–H and O–H groups in total. The van der Waals surface area contributed by atoms with Gasteiger partial charge in [0.05, 0.1) is 6.10 Å². The molecule has 0 fully saturated rings. The van der Waals surface area contributed by atoms with Crippen LogP contribution in [0.2, 0.25) is 0 Å². The van der Waals surface area contributed by atoms with Gasteiger partial charge in [-0.05, 0) is 62.0 Å². The van der Waals surface area contributed by atoms with Crippen molar-refractivity contribution in [2.24, 2.45) is 0 Å². The van der Waals surface area contributed by atoms with Gasteiger partial charge in [0.15, 0.2) is 5.11 Å². The standard InChI is InChI=1S/C19H22N2O2S/c1-3-7-14(2)23-17-12-10-16(11-13-17)20-19(24)21-18(22)15-8-5-4-6-9-15/h4-6,8-14H,3,7H2,1-2H3,(H2,20,21,22,24). The third-order valence-electron chi connectivity index (χ3n) is 3.41. The van der Waals surface area contributed by atoms with Gasteiger partial charge in [-0.1, -0.05) is 31.5 Å². The number of hydrogen-bond acceptors (Lipinski definition) is 3. The maximum atomic E-state index is 12.0. The number of hydrogen-bond donors (Lipinski definition) is 2. The van der Waals surface area contributed by atoms with Crippen molar-refractivity contribution >= 4 is 28.9 Å². The first kappa shape index (κ1) is 17.9. The van der Waals surface area contributed by atoms with Gasteiger partial charge in [0, 0.05) is 11.3 Å². The van der Waals surface area contributed by atoms with Crippen molar-refractivity contribution in [1.29, 1.82) is 0 Å². The molecule has 0 saturated carbocycles. The van der Waals surface area contributed by atoms with Crippen LogP contribution in [0.3, 0.4) is 0 Å². The predicted molar refractivity (Wildman–Crippen MR) is 102 cm³/mol. The van der Waals surface area contributed by atoms with Gasteiger partial charge in [0.25, 0.3) is 5.91 Å². The summed E-state index contributed by atoms with van der Waals surface area (Å²) in [5, 5.41) is 5.91. The Labute approximate surface area is 148 Å². The second kappa shape index (κ2) is 9.03. The first-order valence-electron chi connectivity index (χ1n) is 8.02. The van der Waals surface area contributed by atoms with Gasteiger partial charge in [-0.15, -0.1) is 0 Å². The predicted octanol–water partition coefficient (Wildman–Crippen LogP) is 4.38. The lowest BCUT2D eigenvalue weighted by atomic mass is 10.2. The Hall–Kier alpha value is -2.40. The van der Waals surface area contributed by atoms with E-state index in [-0.39, 0.29) is 17.1 Å². The molecule has 0 saturated heterocycles. The summed E-state index contributed by atoms with van der Waals surface area (Å²) in [5.74, 6) is 0.585. The normalized spacial score (nSPS) is 11.4. The van der Waals surface area contributed by atoms with Crippen molar-refractivity contribution < 1.29 is 9.53 Å². The maximum absolute atomic E-state index is 12.0. The third kappa shape index (κ3) is 5.66. The minimum Gasteiger partial charge on any atom is -0.491 e. The van der Waals surface area contributed by atoms with Gasteiger partial charge in [0.2, 0.25) is 0 Å². The van der Waals surface area contributed by atoms with Crippen molar-refractivity contribution in [1.82, 2.24) is 5.32 Å². The minimum atomic E-state index is -0.235. The molecule has 2 rings (SSSR count). The summed E-state index contributed by atoms with van der Waals surface area (Å²) < 4.78 is 5.81. The number of amides is 1. The van der Waals surface area contributed by atoms with Crippen molar-refractivity contribution in [3.8, 4) is 5.75 Å². The summed E-state index contributed by atoms with van der Waals surface area (Å²) in [6.07, 6.45) is 2.31. The topological polar surface area (TPSA) is 50.4 Å². The van der Waals surface area contributed by atoms with E-state index in [1.165, 1.54) is 0 Å². The Morgan fingerprint density at radius 1 is 1.12 bits per heavy atom. The molecule has 0 aliphatic carbocycles. The van der Waals surface area contributed by atoms with Gasteiger partial charge < -0.3 is 10.1 Å². The molecule has 1 amide bonds. The average molecular weight is 342 g/mol. The largest absolute Gasteiger partial charge is 0.491 e. The van der Waals surface area contributed by atoms with Crippen LogP contribution in [0.15, 0.2) is 54.6 Å². The van der Waals surface area contributed by atoms with Crippen LogP contribution < -0.4 is 15.4 Å². The van der Waals surface area contributed by atoms with Crippen LogP contribution in [0.25, 0.3) is 0 Å². The Morgan fingerprint density at radius 3 is 2.42 bits per heavy atom. The fourth-order valence-corrected chi connectivity index (χ4v) is 2.45. The Bertz CT molecular complexity index is 672. The fourth-order valence-electron chi connectivity index (χ4n) is 2.24. The number of rotatable bonds is 6. The Kier molecular flexibility index (Phi) is 6.75. The van der Waals surface area contributed by atoms with Crippen molar-refractivity contribution in [2.45, 2.75) is 32.8 Å². The first-order valence-corrected chi connectivity index (χ1v) is 8.43. The molecule has 126 valence electrons. The number of benzene rings is 2. The summed E-state index contributed by atoms with van der Waals surface area (Å²) in [7, 11) is 0. The molecule has 2 aromatic rings. The highest BCUT2D eigenvalue weighted by molar-refractivity contribution is 7.80. The monoisotopic (exact) mass is 342 g/mol. The number of anilines is 1. The van der Waals surface area contributed by atoms with E-state index in [9.17, 15) is 4.79 Å². The molecule has 0 aliphatic heterocycles. The van der Waals surface area contributed by atoms with Crippen LogP contribution in [0.1, 0.15) is 37.0 Å². The van der Waals surface area contributed by atoms with E-state index in [0.717, 1.165) is 24.3 Å². The lowest BCUT2D eigenvalue weighted by Gasteiger charge is -2.14. The molecule has 0 aromatic heterocycles. The molecular formula is C19H22N2O2S. The number of carbonyl (C=O) groups is 1. The fraction of sp³-hybridized carbons (Fsp3) is 0.263. The molecule has 0 radical (unpaired) electrons. The molecule has 0 aliphatic rings. The first-order chi connectivity index (χ1) is 11.6. The smallest absolute Gasteiger partial charge is 0.257 e. The van der Waals surface area contributed by atoms with E-state index in [1.807, 2.05) is 42.5 Å². The van der Waals surface area contributed by atoms with Gasteiger partial charge >= 0.3 is 0 Å². The summed E-state index contributed by atoms with van der Waals surface area (Å²) in [5.41, 5.74) is 1.36. The minimum absolute atomic E-state index is 0.194.